The monoisotopic (exact) mass is 381 g/mol. The van der Waals surface area contributed by atoms with Gasteiger partial charge in [0, 0.05) is 37.8 Å². The van der Waals surface area contributed by atoms with Crippen LogP contribution in [0.25, 0.3) is 0 Å². The zero-order valence-electron chi connectivity index (χ0n) is 15.1. The SMILES string of the molecule is CC(CO)C1=Nc2c(cc(F)c(N3CCN(C)CC3)c2F)C(=O)C1C(=O)O. The molecule has 1 aromatic carbocycles. The Balaban J connectivity index is 2.14. The van der Waals surface area contributed by atoms with Crippen molar-refractivity contribution in [3.63, 3.8) is 0 Å². The number of halogens is 2. The Kier molecular flexibility index (Phi) is 5.25. The van der Waals surface area contributed by atoms with E-state index < -0.39 is 41.8 Å². The Morgan fingerprint density at radius 1 is 1.33 bits per heavy atom. The predicted octanol–water partition coefficient (Wildman–Crippen LogP) is 1.31. The molecular formula is C18H21F2N3O4. The third-order valence-electron chi connectivity index (χ3n) is 5.08. The average Bonchev–Trinajstić information content (AvgIpc) is 2.62. The fraction of sp³-hybridized carbons (Fsp3) is 0.500. The Morgan fingerprint density at radius 3 is 2.52 bits per heavy atom. The molecule has 0 bridgehead atoms. The van der Waals surface area contributed by atoms with Gasteiger partial charge in [-0.15, -0.1) is 0 Å². The number of aliphatic carboxylic acids is 1. The van der Waals surface area contributed by atoms with Crippen molar-refractivity contribution in [2.45, 2.75) is 6.92 Å². The summed E-state index contributed by atoms with van der Waals surface area (Å²) in [5, 5.41) is 18.8. The second kappa shape index (κ2) is 7.32. The molecule has 2 unspecified atom stereocenters. The number of fused-ring (bicyclic) bond motifs is 1. The number of ketones is 1. The molecule has 9 heteroatoms. The highest BCUT2D eigenvalue weighted by molar-refractivity contribution is 6.28. The van der Waals surface area contributed by atoms with Crippen LogP contribution in [0, 0.1) is 23.5 Å². The number of aliphatic imine (C=N–C) groups is 1. The molecule has 0 aromatic heterocycles. The highest BCUT2D eigenvalue weighted by Crippen LogP contribution is 2.39. The Bertz CT molecular complexity index is 819. The van der Waals surface area contributed by atoms with E-state index in [1.54, 1.807) is 4.90 Å². The van der Waals surface area contributed by atoms with E-state index in [4.69, 9.17) is 0 Å². The highest BCUT2D eigenvalue weighted by Gasteiger charge is 2.41. The Hall–Kier alpha value is -2.39. The zero-order chi connectivity index (χ0) is 19.9. The number of rotatable bonds is 4. The van der Waals surface area contributed by atoms with Crippen LogP contribution in [0.3, 0.4) is 0 Å². The largest absolute Gasteiger partial charge is 0.480 e. The van der Waals surface area contributed by atoms with Gasteiger partial charge in [-0.1, -0.05) is 6.92 Å². The van der Waals surface area contributed by atoms with E-state index in [2.05, 4.69) is 4.99 Å². The summed E-state index contributed by atoms with van der Waals surface area (Å²) in [5.74, 6) is -6.69. The van der Waals surface area contributed by atoms with Crippen molar-refractivity contribution < 1.29 is 28.6 Å². The lowest BCUT2D eigenvalue weighted by atomic mass is 9.83. The van der Waals surface area contributed by atoms with Crippen LogP contribution in [0.15, 0.2) is 11.1 Å². The molecule has 2 aliphatic heterocycles. The maximum Gasteiger partial charge on any atom is 0.320 e. The van der Waals surface area contributed by atoms with Crippen LogP contribution in [-0.2, 0) is 4.79 Å². The van der Waals surface area contributed by atoms with Gasteiger partial charge in [-0.2, -0.15) is 0 Å². The summed E-state index contributed by atoms with van der Waals surface area (Å²) in [6.45, 7) is 3.14. The standard InChI is InChI=1S/C18H21F2N3O4/c1-9(8-24)14-12(18(26)27)17(25)10-7-11(19)16(13(20)15(10)21-14)23-5-3-22(2)4-6-23/h7,9,12,24H,3-6,8H2,1-2H3,(H,26,27). The number of Topliss-reactive ketones (excluding diaryl/α,β-unsaturated/α-hetero) is 1. The number of aliphatic hydroxyl groups excluding tert-OH is 1. The van der Waals surface area contributed by atoms with Crippen LogP contribution in [0.5, 0.6) is 0 Å². The lowest BCUT2D eigenvalue weighted by molar-refractivity contribution is -0.138. The Labute approximate surface area is 154 Å². The molecule has 1 fully saturated rings. The lowest BCUT2D eigenvalue weighted by Gasteiger charge is -2.35. The molecule has 0 aliphatic carbocycles. The summed E-state index contributed by atoms with van der Waals surface area (Å²) in [5.41, 5.74) is -1.13. The zero-order valence-corrected chi connectivity index (χ0v) is 15.1. The summed E-state index contributed by atoms with van der Waals surface area (Å²) in [6, 6.07) is 0.869. The Morgan fingerprint density at radius 2 is 1.96 bits per heavy atom. The van der Waals surface area contributed by atoms with Gasteiger partial charge in [0.1, 0.15) is 17.2 Å². The van der Waals surface area contributed by atoms with Crippen molar-refractivity contribution in [3.8, 4) is 0 Å². The number of carboxylic acid groups (broad SMARTS) is 1. The van der Waals surface area contributed by atoms with E-state index in [-0.39, 0.29) is 22.6 Å². The molecule has 0 amide bonds. The minimum atomic E-state index is -1.66. The third kappa shape index (κ3) is 3.32. The number of benzene rings is 1. The van der Waals surface area contributed by atoms with Crippen LogP contribution in [0.4, 0.5) is 20.2 Å². The van der Waals surface area contributed by atoms with E-state index in [0.29, 0.717) is 26.2 Å². The number of piperazine rings is 1. The molecule has 2 N–H and O–H groups in total. The van der Waals surface area contributed by atoms with Crippen LogP contribution in [-0.4, -0.2) is 72.4 Å². The number of hydrogen-bond acceptors (Lipinski definition) is 6. The van der Waals surface area contributed by atoms with Crippen molar-refractivity contribution in [2.24, 2.45) is 16.8 Å². The van der Waals surface area contributed by atoms with E-state index in [1.807, 2.05) is 11.9 Å². The molecule has 0 radical (unpaired) electrons. The van der Waals surface area contributed by atoms with Crippen LogP contribution in [0.1, 0.15) is 17.3 Å². The fourth-order valence-corrected chi connectivity index (χ4v) is 3.43. The quantitative estimate of drug-likeness (QED) is 0.764. The number of aliphatic hydroxyl groups is 1. The molecular weight excluding hydrogens is 360 g/mol. The number of carbonyl (C=O) groups is 2. The van der Waals surface area contributed by atoms with E-state index in [1.165, 1.54) is 6.92 Å². The number of carbonyl (C=O) groups excluding carboxylic acids is 1. The summed E-state index contributed by atoms with van der Waals surface area (Å²) in [7, 11) is 1.91. The molecule has 2 heterocycles. The van der Waals surface area contributed by atoms with Gasteiger partial charge < -0.3 is 20.0 Å². The first-order valence-corrected chi connectivity index (χ1v) is 8.68. The van der Waals surface area contributed by atoms with Crippen molar-refractivity contribution in [3.05, 3.63) is 23.3 Å². The van der Waals surface area contributed by atoms with E-state index >= 15 is 4.39 Å². The topological polar surface area (TPSA) is 93.4 Å². The third-order valence-corrected chi connectivity index (χ3v) is 5.08. The molecule has 1 aromatic rings. The van der Waals surface area contributed by atoms with E-state index in [9.17, 15) is 24.2 Å². The lowest BCUT2D eigenvalue weighted by Crippen LogP contribution is -2.45. The van der Waals surface area contributed by atoms with Gasteiger partial charge >= 0.3 is 5.97 Å². The van der Waals surface area contributed by atoms with Crippen LogP contribution < -0.4 is 4.90 Å². The predicted molar refractivity (Wildman–Crippen MR) is 94.9 cm³/mol. The number of likely N-dealkylation sites (N-methyl/N-ethyl adjacent to an activating group) is 1. The molecule has 146 valence electrons. The van der Waals surface area contributed by atoms with Crippen LogP contribution in [0.2, 0.25) is 0 Å². The second-order valence-electron chi connectivity index (χ2n) is 6.96. The minimum absolute atomic E-state index is 0.127. The molecule has 2 aliphatic rings. The molecule has 0 saturated carbocycles. The summed E-state index contributed by atoms with van der Waals surface area (Å²) >= 11 is 0. The number of carboxylic acids is 1. The normalized spacial score (nSPS) is 21.7. The molecule has 3 rings (SSSR count). The van der Waals surface area contributed by atoms with Gasteiger partial charge in [0.15, 0.2) is 17.5 Å². The second-order valence-corrected chi connectivity index (χ2v) is 6.96. The maximum atomic E-state index is 15.2. The van der Waals surface area contributed by atoms with Crippen molar-refractivity contribution >= 4 is 28.8 Å². The van der Waals surface area contributed by atoms with Crippen molar-refractivity contribution in [1.82, 2.24) is 4.90 Å². The van der Waals surface area contributed by atoms with Crippen molar-refractivity contribution in [1.29, 1.82) is 0 Å². The van der Waals surface area contributed by atoms with Gasteiger partial charge in [0.2, 0.25) is 0 Å². The minimum Gasteiger partial charge on any atom is -0.480 e. The summed E-state index contributed by atoms with van der Waals surface area (Å²) in [6.07, 6.45) is 0. The van der Waals surface area contributed by atoms with Gasteiger partial charge in [0.05, 0.1) is 12.2 Å². The maximum absolute atomic E-state index is 15.2. The average molecular weight is 381 g/mol. The smallest absolute Gasteiger partial charge is 0.320 e. The van der Waals surface area contributed by atoms with Gasteiger partial charge in [-0.3, -0.25) is 14.6 Å². The van der Waals surface area contributed by atoms with Gasteiger partial charge in [0.25, 0.3) is 0 Å². The molecule has 2 atom stereocenters. The molecule has 0 spiro atoms. The van der Waals surface area contributed by atoms with E-state index in [0.717, 1.165) is 6.07 Å². The van der Waals surface area contributed by atoms with Gasteiger partial charge in [-0.05, 0) is 13.1 Å². The van der Waals surface area contributed by atoms with Gasteiger partial charge in [-0.25, -0.2) is 8.78 Å². The summed E-state index contributed by atoms with van der Waals surface area (Å²) in [4.78, 5) is 31.8. The number of nitrogens with zero attached hydrogens (tertiary/aromatic N) is 3. The summed E-state index contributed by atoms with van der Waals surface area (Å²) < 4.78 is 29.8. The number of hydrogen-bond donors (Lipinski definition) is 2. The number of anilines is 1. The fourth-order valence-electron chi connectivity index (χ4n) is 3.43. The first-order chi connectivity index (χ1) is 12.8. The van der Waals surface area contributed by atoms with Crippen molar-refractivity contribution in [2.75, 3.05) is 44.7 Å². The van der Waals surface area contributed by atoms with Crippen LogP contribution >= 0.6 is 0 Å². The molecule has 7 nitrogen and oxygen atoms in total. The first-order valence-electron chi connectivity index (χ1n) is 8.68. The molecule has 27 heavy (non-hydrogen) atoms. The highest BCUT2D eigenvalue weighted by atomic mass is 19.1. The molecule has 1 saturated heterocycles. The first kappa shape index (κ1) is 19.4.